The lowest BCUT2D eigenvalue weighted by molar-refractivity contribution is -0.313. The SMILES string of the molecule is CC1=C(C)C[C@H](C(=O)Nc2ccc(Cl)cn2)[C@@H](C(=O)[O-])C1. The Morgan fingerprint density at radius 3 is 2.38 bits per heavy atom. The summed E-state index contributed by atoms with van der Waals surface area (Å²) in [4.78, 5) is 27.6. The Kier molecular flexibility index (Phi) is 4.63. The third kappa shape index (κ3) is 3.61. The summed E-state index contributed by atoms with van der Waals surface area (Å²) < 4.78 is 0. The number of nitrogens with one attached hydrogen (secondary N) is 1. The third-order valence-electron chi connectivity index (χ3n) is 3.88. The second-order valence-corrected chi connectivity index (χ2v) is 5.79. The van der Waals surface area contributed by atoms with Gasteiger partial charge in [0.2, 0.25) is 5.91 Å². The maximum absolute atomic E-state index is 12.3. The summed E-state index contributed by atoms with van der Waals surface area (Å²) in [5.74, 6) is -2.64. The molecule has 1 aromatic rings. The molecule has 6 heteroatoms. The number of carboxylic acid groups (broad SMARTS) is 1. The van der Waals surface area contributed by atoms with Crippen molar-refractivity contribution < 1.29 is 14.7 Å². The van der Waals surface area contributed by atoms with Crippen LogP contribution in [0.25, 0.3) is 0 Å². The van der Waals surface area contributed by atoms with Crippen LogP contribution in [0.3, 0.4) is 0 Å². The zero-order valence-corrected chi connectivity index (χ0v) is 12.6. The van der Waals surface area contributed by atoms with Gasteiger partial charge in [-0.05, 0) is 38.8 Å². The first-order valence-corrected chi connectivity index (χ1v) is 7.04. The van der Waals surface area contributed by atoms with Crippen molar-refractivity contribution in [3.8, 4) is 0 Å². The number of aliphatic carboxylic acids is 1. The number of pyridine rings is 1. The van der Waals surface area contributed by atoms with Crippen LogP contribution < -0.4 is 10.4 Å². The fourth-order valence-electron chi connectivity index (χ4n) is 2.48. The van der Waals surface area contributed by atoms with E-state index in [2.05, 4.69) is 10.3 Å². The summed E-state index contributed by atoms with van der Waals surface area (Å²) in [6.45, 7) is 3.81. The van der Waals surface area contributed by atoms with Crippen molar-refractivity contribution in [1.82, 2.24) is 4.98 Å². The highest BCUT2D eigenvalue weighted by Crippen LogP contribution is 2.34. The average molecular weight is 308 g/mol. The van der Waals surface area contributed by atoms with Gasteiger partial charge in [-0.2, -0.15) is 0 Å². The first-order valence-electron chi connectivity index (χ1n) is 6.67. The number of nitrogens with zero attached hydrogens (tertiary/aromatic N) is 1. The van der Waals surface area contributed by atoms with Crippen LogP contribution in [0.2, 0.25) is 5.02 Å². The number of aromatic nitrogens is 1. The topological polar surface area (TPSA) is 82.1 Å². The minimum Gasteiger partial charge on any atom is -0.550 e. The van der Waals surface area contributed by atoms with E-state index in [9.17, 15) is 14.7 Å². The van der Waals surface area contributed by atoms with E-state index < -0.39 is 17.8 Å². The van der Waals surface area contributed by atoms with Gasteiger partial charge in [-0.1, -0.05) is 22.7 Å². The average Bonchev–Trinajstić information content (AvgIpc) is 2.43. The summed E-state index contributed by atoms with van der Waals surface area (Å²) in [5, 5.41) is 14.4. The molecule has 1 N–H and O–H groups in total. The standard InChI is InChI=1S/C15H17ClN2O3/c1-8-5-11(12(15(20)21)6-9(8)2)14(19)18-13-4-3-10(16)7-17-13/h3-4,7,11-12H,5-6H2,1-2H3,(H,20,21)(H,17,18,19)/p-1/t11-,12-/m0/s1. The van der Waals surface area contributed by atoms with Gasteiger partial charge in [0, 0.05) is 18.1 Å². The fourth-order valence-corrected chi connectivity index (χ4v) is 2.60. The highest BCUT2D eigenvalue weighted by Gasteiger charge is 2.33. The second kappa shape index (κ2) is 6.26. The van der Waals surface area contributed by atoms with E-state index in [1.807, 2.05) is 13.8 Å². The molecule has 1 aliphatic rings. The highest BCUT2D eigenvalue weighted by atomic mass is 35.5. The predicted octanol–water partition coefficient (Wildman–Crippen LogP) is 1.79. The number of amides is 1. The van der Waals surface area contributed by atoms with Crippen LogP contribution in [0.1, 0.15) is 26.7 Å². The molecule has 112 valence electrons. The maximum atomic E-state index is 12.3. The number of carbonyl (C=O) groups excluding carboxylic acids is 2. The van der Waals surface area contributed by atoms with Gasteiger partial charge >= 0.3 is 0 Å². The Hall–Kier alpha value is -1.88. The van der Waals surface area contributed by atoms with Crippen molar-refractivity contribution in [2.45, 2.75) is 26.7 Å². The van der Waals surface area contributed by atoms with Gasteiger partial charge in [-0.15, -0.1) is 0 Å². The molecule has 2 atom stereocenters. The van der Waals surface area contributed by atoms with Gasteiger partial charge in [-0.3, -0.25) is 4.79 Å². The van der Waals surface area contributed by atoms with Gasteiger partial charge in [0.25, 0.3) is 0 Å². The van der Waals surface area contributed by atoms with Crippen LogP contribution in [0.4, 0.5) is 5.82 Å². The predicted molar refractivity (Wildman–Crippen MR) is 77.5 cm³/mol. The molecule has 2 rings (SSSR count). The van der Waals surface area contributed by atoms with Gasteiger partial charge < -0.3 is 15.2 Å². The lowest BCUT2D eigenvalue weighted by Gasteiger charge is -2.32. The molecule has 0 saturated carbocycles. The third-order valence-corrected chi connectivity index (χ3v) is 4.11. The monoisotopic (exact) mass is 307 g/mol. The molecular weight excluding hydrogens is 292 g/mol. The first-order chi connectivity index (χ1) is 9.88. The second-order valence-electron chi connectivity index (χ2n) is 5.35. The highest BCUT2D eigenvalue weighted by molar-refractivity contribution is 6.30. The number of carbonyl (C=O) groups is 2. The number of rotatable bonds is 3. The van der Waals surface area contributed by atoms with Crippen molar-refractivity contribution in [3.05, 3.63) is 34.5 Å². The summed E-state index contributed by atoms with van der Waals surface area (Å²) >= 11 is 5.73. The Morgan fingerprint density at radius 2 is 1.86 bits per heavy atom. The molecule has 1 amide bonds. The lowest BCUT2D eigenvalue weighted by Crippen LogP contribution is -2.42. The summed E-state index contributed by atoms with van der Waals surface area (Å²) in [6, 6.07) is 3.18. The molecule has 0 bridgehead atoms. The van der Waals surface area contributed by atoms with Crippen molar-refractivity contribution in [2.24, 2.45) is 11.8 Å². The molecule has 21 heavy (non-hydrogen) atoms. The summed E-state index contributed by atoms with van der Waals surface area (Å²) in [6.07, 6.45) is 2.19. The van der Waals surface area contributed by atoms with E-state index >= 15 is 0 Å². The van der Waals surface area contributed by atoms with Crippen molar-refractivity contribution >= 4 is 29.3 Å². The molecule has 0 aliphatic heterocycles. The number of halogens is 1. The van der Waals surface area contributed by atoms with Crippen molar-refractivity contribution in [3.63, 3.8) is 0 Å². The molecule has 1 aromatic heterocycles. The van der Waals surface area contributed by atoms with E-state index in [1.54, 1.807) is 12.1 Å². The zero-order chi connectivity index (χ0) is 15.6. The van der Waals surface area contributed by atoms with Crippen LogP contribution in [0.15, 0.2) is 29.5 Å². The van der Waals surface area contributed by atoms with Crippen LogP contribution >= 0.6 is 11.6 Å². The van der Waals surface area contributed by atoms with Crippen LogP contribution in [0.5, 0.6) is 0 Å². The van der Waals surface area contributed by atoms with E-state index in [1.165, 1.54) is 6.20 Å². The Labute approximate surface area is 128 Å². The van der Waals surface area contributed by atoms with Gasteiger partial charge in [0.1, 0.15) is 5.82 Å². The molecule has 1 heterocycles. The molecule has 0 fully saturated rings. The Morgan fingerprint density at radius 1 is 1.24 bits per heavy atom. The zero-order valence-electron chi connectivity index (χ0n) is 11.9. The van der Waals surface area contributed by atoms with Gasteiger partial charge in [-0.25, -0.2) is 4.98 Å². The molecule has 0 spiro atoms. The number of anilines is 1. The summed E-state index contributed by atoms with van der Waals surface area (Å²) in [7, 11) is 0. The molecule has 0 aromatic carbocycles. The largest absolute Gasteiger partial charge is 0.550 e. The number of hydrogen-bond donors (Lipinski definition) is 1. The molecule has 5 nitrogen and oxygen atoms in total. The van der Waals surface area contributed by atoms with Gasteiger partial charge in [0.05, 0.1) is 10.9 Å². The van der Waals surface area contributed by atoms with Crippen LogP contribution in [0, 0.1) is 11.8 Å². The van der Waals surface area contributed by atoms with E-state index in [0.29, 0.717) is 23.7 Å². The Balaban J connectivity index is 2.16. The fraction of sp³-hybridized carbons (Fsp3) is 0.400. The van der Waals surface area contributed by atoms with Crippen LogP contribution in [-0.2, 0) is 9.59 Å². The maximum Gasteiger partial charge on any atom is 0.229 e. The number of allylic oxidation sites excluding steroid dienone is 2. The number of carboxylic acids is 1. The Bertz CT molecular complexity index is 595. The normalized spacial score (nSPS) is 22.0. The molecule has 0 radical (unpaired) electrons. The first kappa shape index (κ1) is 15.5. The van der Waals surface area contributed by atoms with Crippen LogP contribution in [-0.4, -0.2) is 16.9 Å². The van der Waals surface area contributed by atoms with E-state index in [-0.39, 0.29) is 5.91 Å². The smallest absolute Gasteiger partial charge is 0.229 e. The minimum atomic E-state index is -1.19. The molecule has 0 unspecified atom stereocenters. The quantitative estimate of drug-likeness (QED) is 0.863. The number of hydrogen-bond acceptors (Lipinski definition) is 4. The molecular formula is C15H16ClN2O3-. The van der Waals surface area contributed by atoms with E-state index in [0.717, 1.165) is 11.1 Å². The lowest BCUT2D eigenvalue weighted by atomic mass is 9.76. The molecule has 0 saturated heterocycles. The van der Waals surface area contributed by atoms with Crippen molar-refractivity contribution in [2.75, 3.05) is 5.32 Å². The van der Waals surface area contributed by atoms with Gasteiger partial charge in [0.15, 0.2) is 0 Å². The molecule has 1 aliphatic carbocycles. The van der Waals surface area contributed by atoms with Crippen molar-refractivity contribution in [1.29, 1.82) is 0 Å². The minimum absolute atomic E-state index is 0.348. The summed E-state index contributed by atoms with van der Waals surface area (Å²) in [5.41, 5.74) is 2.06. The van der Waals surface area contributed by atoms with E-state index in [4.69, 9.17) is 11.6 Å².